The highest BCUT2D eigenvalue weighted by Gasteiger charge is 2.44. The van der Waals surface area contributed by atoms with Crippen LogP contribution in [0.4, 0.5) is 17.6 Å². The maximum Gasteiger partial charge on any atom is 0.249 e. The zero-order chi connectivity index (χ0) is 15.4. The fourth-order valence-electron chi connectivity index (χ4n) is 2.92. The third kappa shape index (κ3) is 2.60. The van der Waals surface area contributed by atoms with E-state index in [0.29, 0.717) is 13.1 Å². The smallest absolute Gasteiger partial charge is 0.249 e. The van der Waals surface area contributed by atoms with Crippen molar-refractivity contribution >= 4 is 22.4 Å². The lowest BCUT2D eigenvalue weighted by Gasteiger charge is -2.18. The Kier molecular flexibility index (Phi) is 4.72. The van der Waals surface area contributed by atoms with Crippen LogP contribution in [0, 0.1) is 35.1 Å². The first-order valence-corrected chi connectivity index (χ1v) is 7.80. The number of hydrogen-bond donors (Lipinski definition) is 1. The molecule has 3 rings (SSSR count). The number of fused-ring (bicyclic) bond motifs is 1. The van der Waals surface area contributed by atoms with Crippen molar-refractivity contribution < 1.29 is 26.0 Å². The highest BCUT2D eigenvalue weighted by molar-refractivity contribution is 7.89. The Morgan fingerprint density at radius 3 is 1.91 bits per heavy atom. The van der Waals surface area contributed by atoms with Gasteiger partial charge < -0.3 is 5.32 Å². The molecular weight excluding hydrogens is 348 g/mol. The van der Waals surface area contributed by atoms with Gasteiger partial charge in [0, 0.05) is 19.2 Å². The van der Waals surface area contributed by atoms with E-state index in [1.54, 1.807) is 0 Å². The Morgan fingerprint density at radius 1 is 1.00 bits per heavy atom. The Morgan fingerprint density at radius 2 is 1.45 bits per heavy atom. The molecule has 22 heavy (non-hydrogen) atoms. The summed E-state index contributed by atoms with van der Waals surface area (Å²) in [7, 11) is -4.61. The van der Waals surface area contributed by atoms with Crippen LogP contribution >= 0.6 is 12.4 Å². The average molecular weight is 361 g/mol. The maximum absolute atomic E-state index is 13.7. The molecule has 2 fully saturated rings. The van der Waals surface area contributed by atoms with E-state index >= 15 is 0 Å². The molecule has 0 unspecified atom stereocenters. The molecule has 0 aliphatic carbocycles. The van der Waals surface area contributed by atoms with E-state index in [0.717, 1.165) is 4.31 Å². The molecule has 1 aromatic rings. The van der Waals surface area contributed by atoms with Crippen LogP contribution in [0.5, 0.6) is 0 Å². The molecule has 0 radical (unpaired) electrons. The molecule has 4 nitrogen and oxygen atoms in total. The summed E-state index contributed by atoms with van der Waals surface area (Å²) in [5, 5.41) is 3.09. The lowest BCUT2D eigenvalue weighted by molar-refractivity contribution is 0.399. The second-order valence-corrected chi connectivity index (χ2v) is 7.17. The van der Waals surface area contributed by atoms with Crippen LogP contribution in [0.15, 0.2) is 11.0 Å². The van der Waals surface area contributed by atoms with Gasteiger partial charge in [0.2, 0.25) is 10.0 Å². The van der Waals surface area contributed by atoms with Crippen molar-refractivity contribution in [3.05, 3.63) is 29.3 Å². The molecule has 0 bridgehead atoms. The summed E-state index contributed by atoms with van der Waals surface area (Å²) in [5.74, 6) is -7.14. The summed E-state index contributed by atoms with van der Waals surface area (Å²) in [6.45, 7) is 1.38. The molecule has 0 spiro atoms. The SMILES string of the molecule is Cl.O=S(=O)(c1c(F)c(F)cc(F)c1F)N1C[C@H]2CNC[C@H]2C1. The number of nitrogens with zero attached hydrogens (tertiary/aromatic N) is 1. The molecule has 2 atom stereocenters. The van der Waals surface area contributed by atoms with Crippen molar-refractivity contribution in [2.75, 3.05) is 26.2 Å². The van der Waals surface area contributed by atoms with E-state index in [2.05, 4.69) is 5.32 Å². The summed E-state index contributed by atoms with van der Waals surface area (Å²) in [6.07, 6.45) is 0. The molecule has 1 aromatic carbocycles. The molecule has 124 valence electrons. The van der Waals surface area contributed by atoms with E-state index in [-0.39, 0.29) is 43.4 Å². The Bertz CT molecular complexity index is 663. The van der Waals surface area contributed by atoms with E-state index in [4.69, 9.17) is 0 Å². The predicted octanol–water partition coefficient (Wildman–Crippen LogP) is 1.50. The second-order valence-electron chi connectivity index (χ2n) is 5.30. The van der Waals surface area contributed by atoms with Crippen molar-refractivity contribution in [1.29, 1.82) is 0 Å². The fourth-order valence-corrected chi connectivity index (χ4v) is 4.60. The van der Waals surface area contributed by atoms with Crippen molar-refractivity contribution in [3.8, 4) is 0 Å². The van der Waals surface area contributed by atoms with E-state index in [1.807, 2.05) is 0 Å². The van der Waals surface area contributed by atoms with E-state index in [1.165, 1.54) is 0 Å². The van der Waals surface area contributed by atoms with Crippen LogP contribution in [-0.2, 0) is 10.0 Å². The molecule has 0 saturated carbocycles. The number of halogens is 5. The summed E-state index contributed by atoms with van der Waals surface area (Å²) >= 11 is 0. The van der Waals surface area contributed by atoms with Gasteiger partial charge in [-0.15, -0.1) is 12.4 Å². The van der Waals surface area contributed by atoms with Crippen LogP contribution in [0.1, 0.15) is 0 Å². The van der Waals surface area contributed by atoms with Crippen molar-refractivity contribution in [3.63, 3.8) is 0 Å². The number of rotatable bonds is 2. The van der Waals surface area contributed by atoms with Crippen LogP contribution in [0.2, 0.25) is 0 Å². The van der Waals surface area contributed by atoms with E-state index in [9.17, 15) is 26.0 Å². The van der Waals surface area contributed by atoms with Crippen molar-refractivity contribution in [2.45, 2.75) is 4.90 Å². The Balaban J connectivity index is 0.00000176. The first-order valence-electron chi connectivity index (χ1n) is 6.36. The highest BCUT2D eigenvalue weighted by Crippen LogP contribution is 2.33. The zero-order valence-corrected chi connectivity index (χ0v) is 12.8. The van der Waals surface area contributed by atoms with Gasteiger partial charge in [0.1, 0.15) is 0 Å². The van der Waals surface area contributed by atoms with Gasteiger partial charge in [-0.3, -0.25) is 0 Å². The van der Waals surface area contributed by atoms with Gasteiger partial charge in [-0.1, -0.05) is 0 Å². The third-order valence-corrected chi connectivity index (χ3v) is 5.88. The average Bonchev–Trinajstić information content (AvgIpc) is 2.97. The van der Waals surface area contributed by atoms with E-state index < -0.39 is 38.2 Å². The van der Waals surface area contributed by atoms with Gasteiger partial charge in [0.25, 0.3) is 0 Å². The van der Waals surface area contributed by atoms with Crippen LogP contribution in [-0.4, -0.2) is 38.9 Å². The topological polar surface area (TPSA) is 49.4 Å². The van der Waals surface area contributed by atoms with Crippen LogP contribution < -0.4 is 5.32 Å². The molecule has 2 heterocycles. The molecule has 0 amide bonds. The van der Waals surface area contributed by atoms with Crippen molar-refractivity contribution in [1.82, 2.24) is 9.62 Å². The normalized spacial score (nSPS) is 25.1. The van der Waals surface area contributed by atoms with Crippen LogP contribution in [0.25, 0.3) is 0 Å². The molecule has 2 aliphatic heterocycles. The lowest BCUT2D eigenvalue weighted by atomic mass is 10.0. The molecule has 10 heteroatoms. The van der Waals surface area contributed by atoms with Crippen LogP contribution in [0.3, 0.4) is 0 Å². The van der Waals surface area contributed by atoms with Gasteiger partial charge >= 0.3 is 0 Å². The number of hydrogen-bond acceptors (Lipinski definition) is 3. The number of nitrogens with one attached hydrogen (secondary N) is 1. The minimum Gasteiger partial charge on any atom is -0.316 e. The lowest BCUT2D eigenvalue weighted by Crippen LogP contribution is -2.33. The Labute approximate surface area is 130 Å². The first kappa shape index (κ1) is 17.5. The Hall–Kier alpha value is -0.900. The largest absolute Gasteiger partial charge is 0.316 e. The summed E-state index contributed by atoms with van der Waals surface area (Å²) in [6, 6.07) is -0.00762. The number of sulfonamides is 1. The first-order chi connectivity index (χ1) is 9.82. The van der Waals surface area contributed by atoms with Gasteiger partial charge in [-0.2, -0.15) is 4.31 Å². The second kappa shape index (κ2) is 5.95. The standard InChI is InChI=1S/C12H12F4N2O2S.ClH/c13-8-1-9(14)11(16)12(10(8)15)21(19,20)18-4-6-2-17-3-7(6)5-18;/h1,6-7,17H,2-5H2;1H/t6-,7+;. The molecular formula is C12H13ClF4N2O2S. The summed E-state index contributed by atoms with van der Waals surface area (Å²) in [5.41, 5.74) is 0. The minimum absolute atomic E-state index is 0. The predicted molar refractivity (Wildman–Crippen MR) is 72.1 cm³/mol. The zero-order valence-electron chi connectivity index (χ0n) is 11.2. The fraction of sp³-hybridized carbons (Fsp3) is 0.500. The molecule has 1 N–H and O–H groups in total. The monoisotopic (exact) mass is 360 g/mol. The molecule has 0 aromatic heterocycles. The molecule has 2 aliphatic rings. The maximum atomic E-state index is 13.7. The highest BCUT2D eigenvalue weighted by atomic mass is 35.5. The van der Waals surface area contributed by atoms with Gasteiger partial charge in [-0.25, -0.2) is 26.0 Å². The number of benzene rings is 1. The quantitative estimate of drug-likeness (QED) is 0.642. The third-order valence-electron chi connectivity index (χ3n) is 4.03. The summed E-state index contributed by atoms with van der Waals surface area (Å²) < 4.78 is 79.3. The van der Waals surface area contributed by atoms with Gasteiger partial charge in [0.05, 0.1) is 0 Å². The van der Waals surface area contributed by atoms with Gasteiger partial charge in [-0.05, 0) is 24.9 Å². The molecule has 2 saturated heterocycles. The minimum atomic E-state index is -4.61. The van der Waals surface area contributed by atoms with Gasteiger partial charge in [0.15, 0.2) is 28.2 Å². The van der Waals surface area contributed by atoms with Crippen molar-refractivity contribution in [2.24, 2.45) is 11.8 Å². The summed E-state index contributed by atoms with van der Waals surface area (Å²) in [4.78, 5) is -1.55.